The maximum atomic E-state index is 11.7. The Labute approximate surface area is 130 Å². The third kappa shape index (κ3) is 4.95. The third-order valence-corrected chi connectivity index (χ3v) is 3.27. The van der Waals surface area contributed by atoms with Gasteiger partial charge in [-0.2, -0.15) is 0 Å². The number of aromatic nitrogens is 2. The lowest BCUT2D eigenvalue weighted by atomic mass is 10.2. The molecule has 0 spiro atoms. The van der Waals surface area contributed by atoms with Crippen LogP contribution in [0.1, 0.15) is 19.1 Å². The Hall–Kier alpha value is -2.62. The summed E-state index contributed by atoms with van der Waals surface area (Å²) in [6, 6.07) is 1.25. The summed E-state index contributed by atoms with van der Waals surface area (Å²) in [5.41, 5.74) is -1.01. The number of ether oxygens (including phenoxy) is 2. The summed E-state index contributed by atoms with van der Waals surface area (Å²) in [6.45, 7) is 0.635. The molecular formula is C13H18N4O6. The van der Waals surface area contributed by atoms with Gasteiger partial charge in [0.15, 0.2) is 0 Å². The number of amides is 2. The Morgan fingerprint density at radius 3 is 3.00 bits per heavy atom. The predicted molar refractivity (Wildman–Crippen MR) is 77.9 cm³/mol. The molecule has 3 N–H and O–H groups in total. The first-order valence-electron chi connectivity index (χ1n) is 7.14. The van der Waals surface area contributed by atoms with Crippen LogP contribution >= 0.6 is 0 Å². The van der Waals surface area contributed by atoms with Crippen molar-refractivity contribution >= 4 is 12.5 Å². The smallest absolute Gasteiger partial charge is 0.407 e. The van der Waals surface area contributed by atoms with Gasteiger partial charge in [0.05, 0.1) is 6.10 Å². The summed E-state index contributed by atoms with van der Waals surface area (Å²) in [7, 11) is 0. The first-order valence-corrected chi connectivity index (χ1v) is 7.14. The van der Waals surface area contributed by atoms with Crippen LogP contribution in [0.5, 0.6) is 0 Å². The molecule has 2 unspecified atom stereocenters. The summed E-state index contributed by atoms with van der Waals surface area (Å²) in [5, 5.41) is 4.87. The van der Waals surface area contributed by atoms with Crippen LogP contribution in [0.3, 0.4) is 0 Å². The highest BCUT2D eigenvalue weighted by Crippen LogP contribution is 2.26. The molecule has 0 aliphatic carbocycles. The fourth-order valence-corrected chi connectivity index (χ4v) is 2.18. The third-order valence-electron chi connectivity index (χ3n) is 3.27. The van der Waals surface area contributed by atoms with E-state index in [1.807, 2.05) is 0 Å². The van der Waals surface area contributed by atoms with Crippen molar-refractivity contribution in [3.8, 4) is 0 Å². The van der Waals surface area contributed by atoms with Crippen LogP contribution in [0.2, 0.25) is 0 Å². The zero-order chi connectivity index (χ0) is 16.7. The van der Waals surface area contributed by atoms with Crippen molar-refractivity contribution in [3.63, 3.8) is 0 Å². The van der Waals surface area contributed by atoms with Gasteiger partial charge in [-0.25, -0.2) is 9.59 Å². The van der Waals surface area contributed by atoms with Gasteiger partial charge >= 0.3 is 11.8 Å². The Morgan fingerprint density at radius 1 is 1.43 bits per heavy atom. The summed E-state index contributed by atoms with van der Waals surface area (Å²) in [4.78, 5) is 46.3. The maximum absolute atomic E-state index is 11.7. The average molecular weight is 326 g/mol. The number of H-pyrrole nitrogens is 1. The molecule has 2 atom stereocenters. The number of nitrogens with one attached hydrogen (secondary N) is 3. The van der Waals surface area contributed by atoms with Crippen LogP contribution in [-0.2, 0) is 14.3 Å². The lowest BCUT2D eigenvalue weighted by Crippen LogP contribution is -2.34. The van der Waals surface area contributed by atoms with E-state index in [0.717, 1.165) is 0 Å². The molecule has 0 saturated carbocycles. The number of carbonyl (C=O) groups excluding carboxylic acids is 2. The highest BCUT2D eigenvalue weighted by Gasteiger charge is 2.28. The minimum Gasteiger partial charge on any atom is -0.447 e. The number of aromatic amines is 1. The molecule has 1 aromatic rings. The van der Waals surface area contributed by atoms with Crippen LogP contribution < -0.4 is 21.9 Å². The second-order valence-electron chi connectivity index (χ2n) is 4.90. The van der Waals surface area contributed by atoms with Crippen molar-refractivity contribution < 1.29 is 19.1 Å². The summed E-state index contributed by atoms with van der Waals surface area (Å²) in [6.07, 6.45) is 1.69. The van der Waals surface area contributed by atoms with Crippen molar-refractivity contribution in [2.24, 2.45) is 0 Å². The molecule has 0 radical (unpaired) electrons. The molecule has 1 aliphatic heterocycles. The van der Waals surface area contributed by atoms with Gasteiger partial charge in [0.25, 0.3) is 5.56 Å². The van der Waals surface area contributed by atoms with Gasteiger partial charge in [-0.1, -0.05) is 0 Å². The average Bonchev–Trinajstić information content (AvgIpc) is 2.98. The molecule has 10 heteroatoms. The summed E-state index contributed by atoms with van der Waals surface area (Å²) < 4.78 is 11.9. The van der Waals surface area contributed by atoms with E-state index >= 15 is 0 Å². The normalized spacial score (nSPS) is 20.0. The highest BCUT2D eigenvalue weighted by atomic mass is 16.6. The Kier molecular flexibility index (Phi) is 5.92. The van der Waals surface area contributed by atoms with E-state index < -0.39 is 23.6 Å². The highest BCUT2D eigenvalue weighted by molar-refractivity contribution is 5.67. The van der Waals surface area contributed by atoms with Crippen LogP contribution in [-0.4, -0.2) is 47.9 Å². The van der Waals surface area contributed by atoms with E-state index in [4.69, 9.17) is 9.47 Å². The molecule has 2 rings (SSSR count). The number of carbonyl (C=O) groups is 2. The number of rotatable bonds is 7. The molecule has 0 bridgehead atoms. The lowest BCUT2D eigenvalue weighted by Gasteiger charge is -2.15. The molecule has 126 valence electrons. The molecule has 2 heterocycles. The van der Waals surface area contributed by atoms with E-state index in [1.54, 1.807) is 0 Å². The minimum atomic E-state index is -0.606. The van der Waals surface area contributed by atoms with Gasteiger partial charge in [-0.3, -0.25) is 19.1 Å². The van der Waals surface area contributed by atoms with Crippen molar-refractivity contribution in [1.29, 1.82) is 0 Å². The predicted octanol–water partition coefficient (Wildman–Crippen LogP) is -1.31. The first kappa shape index (κ1) is 16.7. The van der Waals surface area contributed by atoms with Gasteiger partial charge in [-0.15, -0.1) is 0 Å². The van der Waals surface area contributed by atoms with Crippen molar-refractivity contribution in [3.05, 3.63) is 33.1 Å². The van der Waals surface area contributed by atoms with E-state index in [1.165, 1.54) is 16.8 Å². The molecule has 1 fully saturated rings. The zero-order valence-corrected chi connectivity index (χ0v) is 12.3. The first-order chi connectivity index (χ1) is 11.1. The molecule has 1 aromatic heterocycles. The standard InChI is InChI=1S/C13H18N4O6/c18-8-14-4-5-15-13(21)22-7-9-1-2-11(23-9)17-6-3-10(19)16-12(17)20/h3,6,8-9,11H,1-2,4-5,7H2,(H,14,18)(H,15,21)(H,16,19,20). The van der Waals surface area contributed by atoms with E-state index in [-0.39, 0.29) is 19.3 Å². The van der Waals surface area contributed by atoms with Crippen LogP contribution in [0.4, 0.5) is 4.79 Å². The van der Waals surface area contributed by atoms with Crippen molar-refractivity contribution in [2.75, 3.05) is 19.7 Å². The Morgan fingerprint density at radius 2 is 2.26 bits per heavy atom. The number of alkyl carbamates (subject to hydrolysis) is 1. The van der Waals surface area contributed by atoms with Gasteiger partial charge < -0.3 is 20.1 Å². The van der Waals surface area contributed by atoms with Crippen LogP contribution in [0.15, 0.2) is 21.9 Å². The van der Waals surface area contributed by atoms with Gasteiger partial charge in [0.2, 0.25) is 6.41 Å². The number of hydrogen-bond donors (Lipinski definition) is 3. The van der Waals surface area contributed by atoms with E-state index in [2.05, 4.69) is 15.6 Å². The van der Waals surface area contributed by atoms with E-state index in [0.29, 0.717) is 25.8 Å². The molecular weight excluding hydrogens is 308 g/mol. The Balaban J connectivity index is 1.75. The molecule has 2 amide bonds. The lowest BCUT2D eigenvalue weighted by molar-refractivity contribution is -0.109. The summed E-state index contributed by atoms with van der Waals surface area (Å²) in [5.74, 6) is 0. The SMILES string of the molecule is O=CNCCNC(=O)OCC1CCC(n2ccc(=O)[nH]c2=O)O1. The molecule has 1 saturated heterocycles. The van der Waals surface area contributed by atoms with Gasteiger partial charge in [-0.05, 0) is 12.8 Å². The van der Waals surface area contributed by atoms with Crippen LogP contribution in [0.25, 0.3) is 0 Å². The summed E-state index contributed by atoms with van der Waals surface area (Å²) >= 11 is 0. The van der Waals surface area contributed by atoms with Gasteiger partial charge in [0.1, 0.15) is 12.8 Å². The maximum Gasteiger partial charge on any atom is 0.407 e. The van der Waals surface area contributed by atoms with Crippen molar-refractivity contribution in [2.45, 2.75) is 25.2 Å². The van der Waals surface area contributed by atoms with Crippen molar-refractivity contribution in [1.82, 2.24) is 20.2 Å². The zero-order valence-electron chi connectivity index (χ0n) is 12.3. The second-order valence-corrected chi connectivity index (χ2v) is 4.90. The molecule has 23 heavy (non-hydrogen) atoms. The molecule has 1 aliphatic rings. The molecule has 10 nitrogen and oxygen atoms in total. The van der Waals surface area contributed by atoms with Gasteiger partial charge in [0, 0.05) is 25.4 Å². The largest absolute Gasteiger partial charge is 0.447 e. The van der Waals surface area contributed by atoms with Crippen LogP contribution in [0, 0.1) is 0 Å². The quantitative estimate of drug-likeness (QED) is 0.421. The van der Waals surface area contributed by atoms with E-state index in [9.17, 15) is 19.2 Å². The Bertz CT molecular complexity index is 654. The number of hydrogen-bond acceptors (Lipinski definition) is 6. The monoisotopic (exact) mass is 326 g/mol. The fourth-order valence-electron chi connectivity index (χ4n) is 2.18. The fraction of sp³-hybridized carbons (Fsp3) is 0.538. The number of nitrogens with zero attached hydrogens (tertiary/aromatic N) is 1. The molecule has 0 aromatic carbocycles. The topological polar surface area (TPSA) is 132 Å². The minimum absolute atomic E-state index is 0.0571. The second kappa shape index (κ2) is 8.13.